The average molecular weight is 413 g/mol. The van der Waals surface area contributed by atoms with Crippen LogP contribution in [0, 0.1) is 13.8 Å². The van der Waals surface area contributed by atoms with Gasteiger partial charge in [0, 0.05) is 11.3 Å². The van der Waals surface area contributed by atoms with E-state index in [1.807, 2.05) is 74.5 Å². The van der Waals surface area contributed by atoms with Gasteiger partial charge >= 0.3 is 5.97 Å². The molecule has 31 heavy (non-hydrogen) atoms. The minimum atomic E-state index is -1.07. The van der Waals surface area contributed by atoms with Gasteiger partial charge in [0.05, 0.1) is 17.4 Å². The van der Waals surface area contributed by atoms with Gasteiger partial charge < -0.3 is 14.6 Å². The van der Waals surface area contributed by atoms with Gasteiger partial charge in [-0.1, -0.05) is 48.5 Å². The van der Waals surface area contributed by atoms with Crippen LogP contribution in [-0.2, 0) is 20.9 Å². The van der Waals surface area contributed by atoms with E-state index in [2.05, 4.69) is 10.3 Å². The standard InChI is InChI=1S/C25H23N3O3/c1-17-12-18(2)14-20(13-17)27-25(30)24(19-8-4-3-5-9-19)31-23(29)15-28-16-26-21-10-6-7-11-22(21)28/h3-14,16,24H,15H2,1-2H3,(H,27,30). The number of amides is 1. The van der Waals surface area contributed by atoms with E-state index in [0.29, 0.717) is 11.3 Å². The minimum absolute atomic E-state index is 0.0410. The normalized spacial score (nSPS) is 11.8. The molecule has 0 aliphatic carbocycles. The van der Waals surface area contributed by atoms with E-state index in [9.17, 15) is 9.59 Å². The van der Waals surface area contributed by atoms with Crippen molar-refractivity contribution in [1.82, 2.24) is 9.55 Å². The zero-order chi connectivity index (χ0) is 21.8. The van der Waals surface area contributed by atoms with E-state index in [1.54, 1.807) is 23.0 Å². The molecular formula is C25H23N3O3. The number of imidazole rings is 1. The number of hydrogen-bond acceptors (Lipinski definition) is 4. The molecule has 0 aliphatic heterocycles. The molecule has 0 spiro atoms. The van der Waals surface area contributed by atoms with E-state index in [-0.39, 0.29) is 6.54 Å². The van der Waals surface area contributed by atoms with E-state index < -0.39 is 18.0 Å². The lowest BCUT2D eigenvalue weighted by Crippen LogP contribution is -2.27. The van der Waals surface area contributed by atoms with Gasteiger partial charge in [-0.25, -0.2) is 4.98 Å². The third-order valence-corrected chi connectivity index (χ3v) is 4.91. The summed E-state index contributed by atoms with van der Waals surface area (Å²) in [7, 11) is 0. The van der Waals surface area contributed by atoms with E-state index in [4.69, 9.17) is 4.74 Å². The Labute approximate surface area is 180 Å². The molecule has 4 aromatic rings. The van der Waals surface area contributed by atoms with Gasteiger partial charge in [0.15, 0.2) is 0 Å². The highest BCUT2D eigenvalue weighted by Gasteiger charge is 2.25. The number of carbonyl (C=O) groups excluding carboxylic acids is 2. The second-order valence-corrected chi connectivity index (χ2v) is 7.51. The molecule has 6 heteroatoms. The highest BCUT2D eigenvalue weighted by molar-refractivity contribution is 5.96. The summed E-state index contributed by atoms with van der Waals surface area (Å²) in [5, 5.41) is 2.88. The Morgan fingerprint density at radius 2 is 1.65 bits per heavy atom. The van der Waals surface area contributed by atoms with Crippen LogP contribution in [0.3, 0.4) is 0 Å². The lowest BCUT2D eigenvalue weighted by atomic mass is 10.1. The molecule has 1 atom stereocenters. The van der Waals surface area contributed by atoms with Crippen molar-refractivity contribution in [2.24, 2.45) is 0 Å². The molecule has 1 amide bonds. The summed E-state index contributed by atoms with van der Waals surface area (Å²) in [6, 6.07) is 22.3. The number of para-hydroxylation sites is 2. The molecular weight excluding hydrogens is 390 g/mol. The Bertz CT molecular complexity index is 1210. The summed E-state index contributed by atoms with van der Waals surface area (Å²) < 4.78 is 7.36. The van der Waals surface area contributed by atoms with Crippen LogP contribution < -0.4 is 5.32 Å². The number of esters is 1. The lowest BCUT2D eigenvalue weighted by Gasteiger charge is -2.19. The first-order valence-corrected chi connectivity index (χ1v) is 10.0. The van der Waals surface area contributed by atoms with Crippen molar-refractivity contribution < 1.29 is 14.3 Å². The van der Waals surface area contributed by atoms with Crippen LogP contribution in [0.25, 0.3) is 11.0 Å². The second-order valence-electron chi connectivity index (χ2n) is 7.51. The number of aromatic nitrogens is 2. The second kappa shape index (κ2) is 8.83. The highest BCUT2D eigenvalue weighted by atomic mass is 16.5. The average Bonchev–Trinajstić information content (AvgIpc) is 3.14. The molecule has 0 aliphatic rings. The summed E-state index contributed by atoms with van der Waals surface area (Å²) in [6.45, 7) is 3.89. The fourth-order valence-electron chi connectivity index (χ4n) is 3.60. The van der Waals surface area contributed by atoms with Gasteiger partial charge in [-0.3, -0.25) is 9.59 Å². The van der Waals surface area contributed by atoms with Crippen LogP contribution in [0.4, 0.5) is 5.69 Å². The molecule has 4 rings (SSSR count). The molecule has 1 aromatic heterocycles. The van der Waals surface area contributed by atoms with E-state index >= 15 is 0 Å². The smallest absolute Gasteiger partial charge is 0.327 e. The number of fused-ring (bicyclic) bond motifs is 1. The zero-order valence-electron chi connectivity index (χ0n) is 17.4. The molecule has 0 saturated carbocycles. The van der Waals surface area contributed by atoms with Crippen molar-refractivity contribution >= 4 is 28.6 Å². The van der Waals surface area contributed by atoms with Gasteiger partial charge in [0.25, 0.3) is 5.91 Å². The SMILES string of the molecule is Cc1cc(C)cc(NC(=O)C(OC(=O)Cn2cnc3ccccc32)c2ccccc2)c1. The molecule has 1 N–H and O–H groups in total. The molecule has 1 heterocycles. The topological polar surface area (TPSA) is 73.2 Å². The number of hydrogen-bond donors (Lipinski definition) is 1. The van der Waals surface area contributed by atoms with Crippen LogP contribution in [0.1, 0.15) is 22.8 Å². The molecule has 156 valence electrons. The van der Waals surface area contributed by atoms with Crippen LogP contribution in [0.2, 0.25) is 0 Å². The first kappa shape index (κ1) is 20.3. The van der Waals surface area contributed by atoms with Crippen LogP contribution in [-0.4, -0.2) is 21.4 Å². The fraction of sp³-hybridized carbons (Fsp3) is 0.160. The van der Waals surface area contributed by atoms with Crippen molar-refractivity contribution in [2.75, 3.05) is 5.32 Å². The molecule has 0 bridgehead atoms. The monoisotopic (exact) mass is 413 g/mol. The van der Waals surface area contributed by atoms with Crippen LogP contribution in [0.5, 0.6) is 0 Å². The summed E-state index contributed by atoms with van der Waals surface area (Å²) in [6.07, 6.45) is 0.531. The van der Waals surface area contributed by atoms with Gasteiger partial charge in [0.2, 0.25) is 6.10 Å². The molecule has 0 saturated heterocycles. The molecule has 0 fully saturated rings. The van der Waals surface area contributed by atoms with Crippen LogP contribution in [0.15, 0.2) is 79.1 Å². The maximum absolute atomic E-state index is 13.1. The number of nitrogens with zero attached hydrogens (tertiary/aromatic N) is 2. The number of anilines is 1. The largest absolute Gasteiger partial charge is 0.446 e. The first-order chi connectivity index (χ1) is 15.0. The van der Waals surface area contributed by atoms with Crippen molar-refractivity contribution in [3.63, 3.8) is 0 Å². The predicted molar refractivity (Wildman–Crippen MR) is 120 cm³/mol. The van der Waals surface area contributed by atoms with Crippen molar-refractivity contribution in [2.45, 2.75) is 26.5 Å². The maximum atomic E-state index is 13.1. The van der Waals surface area contributed by atoms with Crippen LogP contribution >= 0.6 is 0 Å². The van der Waals surface area contributed by atoms with Gasteiger partial charge in [0.1, 0.15) is 6.54 Å². The molecule has 0 radical (unpaired) electrons. The Morgan fingerprint density at radius 1 is 0.968 bits per heavy atom. The Hall–Kier alpha value is -3.93. The van der Waals surface area contributed by atoms with Crippen molar-refractivity contribution in [3.05, 3.63) is 95.8 Å². The summed E-state index contributed by atoms with van der Waals surface area (Å²) in [5.74, 6) is -0.924. The van der Waals surface area contributed by atoms with Gasteiger partial charge in [-0.05, 0) is 49.2 Å². The molecule has 3 aromatic carbocycles. The number of nitrogens with one attached hydrogen (secondary N) is 1. The van der Waals surface area contributed by atoms with Gasteiger partial charge in [-0.2, -0.15) is 0 Å². The maximum Gasteiger partial charge on any atom is 0.327 e. The minimum Gasteiger partial charge on any atom is -0.446 e. The quantitative estimate of drug-likeness (QED) is 0.470. The number of benzene rings is 3. The first-order valence-electron chi connectivity index (χ1n) is 10.0. The van der Waals surface area contributed by atoms with Crippen molar-refractivity contribution in [3.8, 4) is 0 Å². The number of rotatable bonds is 6. The fourth-order valence-corrected chi connectivity index (χ4v) is 3.60. The van der Waals surface area contributed by atoms with E-state index in [0.717, 1.165) is 22.2 Å². The van der Waals surface area contributed by atoms with Gasteiger partial charge in [-0.15, -0.1) is 0 Å². The number of ether oxygens (including phenoxy) is 1. The third kappa shape index (κ3) is 4.80. The summed E-state index contributed by atoms with van der Waals surface area (Å²) >= 11 is 0. The lowest BCUT2D eigenvalue weighted by molar-refractivity contribution is -0.155. The Morgan fingerprint density at radius 3 is 2.39 bits per heavy atom. The summed E-state index contributed by atoms with van der Waals surface area (Å²) in [4.78, 5) is 30.1. The third-order valence-electron chi connectivity index (χ3n) is 4.91. The van der Waals surface area contributed by atoms with E-state index in [1.165, 1.54) is 0 Å². The zero-order valence-corrected chi connectivity index (χ0v) is 17.4. The predicted octanol–water partition coefficient (Wildman–Crippen LogP) is 4.58. The molecule has 6 nitrogen and oxygen atoms in total. The Kier molecular flexibility index (Phi) is 5.80. The number of carbonyl (C=O) groups is 2. The Balaban J connectivity index is 1.55. The molecule has 1 unspecified atom stereocenters. The highest BCUT2D eigenvalue weighted by Crippen LogP contribution is 2.22. The number of aryl methyl sites for hydroxylation is 2. The summed E-state index contributed by atoms with van der Waals surface area (Å²) in [5.41, 5.74) is 4.97. The van der Waals surface area contributed by atoms with Crippen molar-refractivity contribution in [1.29, 1.82) is 0 Å².